The summed E-state index contributed by atoms with van der Waals surface area (Å²) in [6.45, 7) is 2.20. The SMILES string of the molecule is NC(=O)[C@@H]1c2ccccc2C2=C([C@@H]1c1ccccc1)N1CCC2CC1. The highest BCUT2D eigenvalue weighted by Gasteiger charge is 2.46. The third-order valence-electron chi connectivity index (χ3n) is 6.20. The van der Waals surface area contributed by atoms with E-state index in [4.69, 9.17) is 5.73 Å². The molecule has 2 N–H and O–H groups in total. The highest BCUT2D eigenvalue weighted by molar-refractivity contribution is 5.90. The predicted molar refractivity (Wildman–Crippen MR) is 98.8 cm³/mol. The molecule has 0 radical (unpaired) electrons. The molecule has 1 fully saturated rings. The number of benzene rings is 2. The summed E-state index contributed by atoms with van der Waals surface area (Å²) in [5.74, 6) is 0.125. The first-order chi connectivity index (χ1) is 12.3. The molecule has 2 aromatic rings. The molecule has 6 rings (SSSR count). The zero-order chi connectivity index (χ0) is 17.0. The van der Waals surface area contributed by atoms with Crippen LogP contribution in [0.15, 0.2) is 60.3 Å². The van der Waals surface area contributed by atoms with Crippen molar-refractivity contribution in [3.8, 4) is 0 Å². The van der Waals surface area contributed by atoms with Crippen LogP contribution in [-0.4, -0.2) is 23.9 Å². The van der Waals surface area contributed by atoms with Gasteiger partial charge in [-0.05, 0) is 41.0 Å². The van der Waals surface area contributed by atoms with Crippen LogP contribution in [0, 0.1) is 5.92 Å². The number of rotatable bonds is 2. The number of fused-ring (bicyclic) bond motifs is 3. The van der Waals surface area contributed by atoms with Crippen molar-refractivity contribution < 1.29 is 4.79 Å². The van der Waals surface area contributed by atoms with Crippen molar-refractivity contribution in [1.29, 1.82) is 0 Å². The number of hydrogen-bond acceptors (Lipinski definition) is 2. The van der Waals surface area contributed by atoms with E-state index in [1.165, 1.54) is 35.2 Å². The maximum atomic E-state index is 12.6. The lowest BCUT2D eigenvalue weighted by molar-refractivity contribution is -0.120. The second kappa shape index (κ2) is 5.48. The van der Waals surface area contributed by atoms with Gasteiger partial charge in [-0.1, -0.05) is 54.6 Å². The molecular weight excluding hydrogens is 308 g/mol. The maximum absolute atomic E-state index is 12.6. The van der Waals surface area contributed by atoms with Gasteiger partial charge in [0.2, 0.25) is 5.91 Å². The Labute approximate surface area is 148 Å². The first kappa shape index (κ1) is 14.8. The first-order valence-corrected chi connectivity index (χ1v) is 9.18. The number of carbonyl (C=O) groups excluding carboxylic acids is 1. The minimum Gasteiger partial charge on any atom is -0.374 e. The summed E-state index contributed by atoms with van der Waals surface area (Å²) in [4.78, 5) is 15.1. The van der Waals surface area contributed by atoms with Crippen molar-refractivity contribution >= 4 is 11.5 Å². The van der Waals surface area contributed by atoms with E-state index < -0.39 is 0 Å². The van der Waals surface area contributed by atoms with Crippen molar-refractivity contribution in [2.45, 2.75) is 24.7 Å². The fourth-order valence-electron chi connectivity index (χ4n) is 5.19. The van der Waals surface area contributed by atoms with Gasteiger partial charge in [0.05, 0.1) is 5.92 Å². The number of allylic oxidation sites excluding steroid dienone is 2. The zero-order valence-electron chi connectivity index (χ0n) is 14.2. The minimum atomic E-state index is -0.295. The Kier molecular flexibility index (Phi) is 3.24. The Morgan fingerprint density at radius 2 is 1.64 bits per heavy atom. The third-order valence-corrected chi connectivity index (χ3v) is 6.20. The lowest BCUT2D eigenvalue weighted by atomic mass is 9.64. The number of nitrogens with zero attached hydrogens (tertiary/aromatic N) is 1. The Morgan fingerprint density at radius 1 is 0.960 bits per heavy atom. The Hall–Kier alpha value is -2.55. The minimum absolute atomic E-state index is 0.0340. The summed E-state index contributed by atoms with van der Waals surface area (Å²) >= 11 is 0. The van der Waals surface area contributed by atoms with Crippen molar-refractivity contribution in [3.63, 3.8) is 0 Å². The van der Waals surface area contributed by atoms with Gasteiger partial charge in [-0.25, -0.2) is 0 Å². The van der Waals surface area contributed by atoms with E-state index in [2.05, 4.69) is 47.4 Å². The van der Waals surface area contributed by atoms with Crippen LogP contribution in [0.25, 0.3) is 5.57 Å². The number of nitrogens with two attached hydrogens (primary N) is 1. The van der Waals surface area contributed by atoms with Crippen LogP contribution in [0.5, 0.6) is 0 Å². The van der Waals surface area contributed by atoms with Crippen LogP contribution in [0.1, 0.15) is 41.4 Å². The molecule has 2 bridgehead atoms. The molecule has 4 aliphatic rings. The molecule has 3 aliphatic heterocycles. The average molecular weight is 330 g/mol. The molecule has 1 aliphatic carbocycles. The van der Waals surface area contributed by atoms with Crippen LogP contribution in [-0.2, 0) is 4.79 Å². The molecule has 3 heterocycles. The molecule has 126 valence electrons. The smallest absolute Gasteiger partial charge is 0.226 e. The van der Waals surface area contributed by atoms with E-state index in [9.17, 15) is 4.79 Å². The van der Waals surface area contributed by atoms with Crippen LogP contribution in [0.4, 0.5) is 0 Å². The lowest BCUT2D eigenvalue weighted by Crippen LogP contribution is -2.46. The van der Waals surface area contributed by atoms with E-state index in [0.717, 1.165) is 18.7 Å². The van der Waals surface area contributed by atoms with E-state index >= 15 is 0 Å². The Bertz CT molecular complexity index is 863. The summed E-state index contributed by atoms with van der Waals surface area (Å²) in [5.41, 5.74) is 12.3. The van der Waals surface area contributed by atoms with Gasteiger partial charge in [-0.3, -0.25) is 4.79 Å². The average Bonchev–Trinajstić information content (AvgIpc) is 2.68. The van der Waals surface area contributed by atoms with Crippen LogP contribution in [0.3, 0.4) is 0 Å². The van der Waals surface area contributed by atoms with Crippen LogP contribution < -0.4 is 5.73 Å². The quantitative estimate of drug-likeness (QED) is 0.916. The number of hydrogen-bond donors (Lipinski definition) is 1. The van der Waals surface area contributed by atoms with E-state index in [1.807, 2.05) is 12.1 Å². The van der Waals surface area contributed by atoms with E-state index in [1.54, 1.807) is 0 Å². The molecule has 0 aromatic heterocycles. The van der Waals surface area contributed by atoms with Gasteiger partial charge < -0.3 is 10.6 Å². The second-order valence-electron chi connectivity index (χ2n) is 7.42. The fraction of sp³-hybridized carbons (Fsp3) is 0.318. The van der Waals surface area contributed by atoms with E-state index in [-0.39, 0.29) is 17.7 Å². The highest BCUT2D eigenvalue weighted by atomic mass is 16.1. The van der Waals surface area contributed by atoms with Crippen molar-refractivity contribution in [2.75, 3.05) is 13.1 Å². The monoisotopic (exact) mass is 330 g/mol. The van der Waals surface area contributed by atoms with Gasteiger partial charge in [0.15, 0.2) is 0 Å². The standard InChI is InChI=1S/C22H22N2O/c23-22(25)20-17-9-5-4-8-16(17)18-15-10-12-24(13-11-15)21(18)19(20)14-6-2-1-3-7-14/h1-9,15,19-20H,10-13H2,(H2,23,25)/t19-,20-/m1/s1. The van der Waals surface area contributed by atoms with Gasteiger partial charge in [0, 0.05) is 24.7 Å². The normalized spacial score (nSPS) is 24.9. The Morgan fingerprint density at radius 3 is 2.36 bits per heavy atom. The summed E-state index contributed by atoms with van der Waals surface area (Å²) in [5, 5.41) is 0. The predicted octanol–water partition coefficient (Wildman–Crippen LogP) is 3.49. The Balaban J connectivity index is 1.82. The molecule has 3 heteroatoms. The second-order valence-corrected chi connectivity index (χ2v) is 7.42. The van der Waals surface area contributed by atoms with Crippen molar-refractivity contribution in [2.24, 2.45) is 11.7 Å². The number of amides is 1. The molecular formula is C22H22N2O. The lowest BCUT2D eigenvalue weighted by Gasteiger charge is -2.51. The van der Waals surface area contributed by atoms with Gasteiger partial charge in [0.1, 0.15) is 0 Å². The van der Waals surface area contributed by atoms with Crippen molar-refractivity contribution in [1.82, 2.24) is 4.90 Å². The molecule has 2 atom stereocenters. The molecule has 25 heavy (non-hydrogen) atoms. The summed E-state index contributed by atoms with van der Waals surface area (Å²) in [7, 11) is 0. The summed E-state index contributed by atoms with van der Waals surface area (Å²) in [6.07, 6.45) is 2.44. The molecule has 3 nitrogen and oxygen atoms in total. The summed E-state index contributed by atoms with van der Waals surface area (Å²) in [6, 6.07) is 18.8. The number of carbonyl (C=O) groups is 1. The first-order valence-electron chi connectivity index (χ1n) is 9.18. The zero-order valence-corrected chi connectivity index (χ0v) is 14.2. The third kappa shape index (κ3) is 2.08. The summed E-state index contributed by atoms with van der Waals surface area (Å²) < 4.78 is 0. The van der Waals surface area contributed by atoms with Crippen LogP contribution >= 0.6 is 0 Å². The van der Waals surface area contributed by atoms with E-state index in [0.29, 0.717) is 5.92 Å². The largest absolute Gasteiger partial charge is 0.374 e. The molecule has 2 aromatic carbocycles. The fourth-order valence-corrected chi connectivity index (χ4v) is 5.19. The molecule has 1 amide bonds. The topological polar surface area (TPSA) is 46.3 Å². The molecule has 0 spiro atoms. The van der Waals surface area contributed by atoms with Crippen LogP contribution in [0.2, 0.25) is 0 Å². The highest BCUT2D eigenvalue weighted by Crippen LogP contribution is 2.55. The van der Waals surface area contributed by atoms with Gasteiger partial charge >= 0.3 is 0 Å². The van der Waals surface area contributed by atoms with Gasteiger partial charge in [-0.15, -0.1) is 0 Å². The molecule has 0 unspecified atom stereocenters. The number of primary amides is 1. The maximum Gasteiger partial charge on any atom is 0.226 e. The molecule has 1 saturated heterocycles. The molecule has 0 saturated carbocycles. The number of piperidine rings is 1. The van der Waals surface area contributed by atoms with Crippen molar-refractivity contribution in [3.05, 3.63) is 77.0 Å². The van der Waals surface area contributed by atoms with Gasteiger partial charge in [0.25, 0.3) is 0 Å². The van der Waals surface area contributed by atoms with Gasteiger partial charge in [-0.2, -0.15) is 0 Å².